The molecule has 142 valence electrons. The summed E-state index contributed by atoms with van der Waals surface area (Å²) in [6.45, 7) is 2.82. The van der Waals surface area contributed by atoms with E-state index in [-0.39, 0.29) is 42.5 Å². The van der Waals surface area contributed by atoms with Crippen LogP contribution in [0.2, 0.25) is 0 Å². The van der Waals surface area contributed by atoms with Gasteiger partial charge in [-0.05, 0) is 31.9 Å². The molecule has 2 fully saturated rings. The number of fused-ring (bicyclic) bond motifs is 2. The third-order valence-corrected chi connectivity index (χ3v) is 5.72. The number of rotatable bonds is 5. The van der Waals surface area contributed by atoms with Crippen LogP contribution in [0, 0.1) is 11.8 Å². The standard InChI is InChI=1S/C20H24N4O3/c1-2-23-16-10-6-5-9-15(16)21-20(23)22-17(25)11-12-24-18(26)13-7-3-4-8-14(13)19(24)27/h5-6,9-10,13-14H,2-4,7-8,11-12H2,1H3,(H,21,22,25). The van der Waals surface area contributed by atoms with Crippen LogP contribution in [-0.2, 0) is 20.9 Å². The van der Waals surface area contributed by atoms with E-state index in [0.717, 1.165) is 36.7 Å². The lowest BCUT2D eigenvalue weighted by molar-refractivity contribution is -0.140. The average molecular weight is 368 g/mol. The van der Waals surface area contributed by atoms with Crippen molar-refractivity contribution >= 4 is 34.7 Å². The van der Waals surface area contributed by atoms with Crippen molar-refractivity contribution < 1.29 is 14.4 Å². The van der Waals surface area contributed by atoms with Crippen molar-refractivity contribution in [2.24, 2.45) is 11.8 Å². The quantitative estimate of drug-likeness (QED) is 0.822. The highest BCUT2D eigenvalue weighted by Crippen LogP contribution is 2.38. The zero-order valence-corrected chi connectivity index (χ0v) is 15.5. The second kappa shape index (κ2) is 7.13. The van der Waals surface area contributed by atoms with Crippen LogP contribution in [-0.4, -0.2) is 38.7 Å². The van der Waals surface area contributed by atoms with Gasteiger partial charge in [0.05, 0.1) is 22.9 Å². The Hall–Kier alpha value is -2.70. The second-order valence-corrected chi connectivity index (χ2v) is 7.29. The first kappa shape index (κ1) is 17.7. The van der Waals surface area contributed by atoms with E-state index in [4.69, 9.17) is 0 Å². The fraction of sp³-hybridized carbons (Fsp3) is 0.500. The molecule has 1 N–H and O–H groups in total. The molecule has 1 saturated carbocycles. The molecule has 7 nitrogen and oxygen atoms in total. The first-order chi connectivity index (χ1) is 13.1. The summed E-state index contributed by atoms with van der Waals surface area (Å²) in [4.78, 5) is 43.2. The molecule has 27 heavy (non-hydrogen) atoms. The molecule has 1 saturated heterocycles. The topological polar surface area (TPSA) is 84.3 Å². The van der Waals surface area contributed by atoms with Crippen LogP contribution in [0.3, 0.4) is 0 Å². The Kier molecular flexibility index (Phi) is 4.68. The van der Waals surface area contributed by atoms with Gasteiger partial charge in [-0.25, -0.2) is 4.98 Å². The number of carbonyl (C=O) groups is 3. The van der Waals surface area contributed by atoms with Gasteiger partial charge in [-0.3, -0.25) is 24.6 Å². The predicted molar refractivity (Wildman–Crippen MR) is 101 cm³/mol. The van der Waals surface area contributed by atoms with Crippen LogP contribution < -0.4 is 5.32 Å². The van der Waals surface area contributed by atoms with Gasteiger partial charge in [-0.15, -0.1) is 0 Å². The van der Waals surface area contributed by atoms with Gasteiger partial charge < -0.3 is 4.57 Å². The van der Waals surface area contributed by atoms with Gasteiger partial charge in [0.15, 0.2) is 0 Å². The molecule has 2 unspecified atom stereocenters. The molecule has 0 bridgehead atoms. The van der Waals surface area contributed by atoms with Crippen molar-refractivity contribution in [3.63, 3.8) is 0 Å². The van der Waals surface area contributed by atoms with Crippen LogP contribution in [0.5, 0.6) is 0 Å². The number of aromatic nitrogens is 2. The smallest absolute Gasteiger partial charge is 0.233 e. The van der Waals surface area contributed by atoms with E-state index in [2.05, 4.69) is 10.3 Å². The summed E-state index contributed by atoms with van der Waals surface area (Å²) in [5.41, 5.74) is 1.79. The van der Waals surface area contributed by atoms with E-state index in [1.54, 1.807) is 0 Å². The van der Waals surface area contributed by atoms with Crippen LogP contribution >= 0.6 is 0 Å². The molecule has 1 aliphatic carbocycles. The first-order valence-corrected chi connectivity index (χ1v) is 9.70. The minimum Gasteiger partial charge on any atom is -0.310 e. The number of likely N-dealkylation sites (tertiary alicyclic amines) is 1. The normalized spacial score (nSPS) is 22.3. The molecule has 4 rings (SSSR count). The molecule has 7 heteroatoms. The highest BCUT2D eigenvalue weighted by atomic mass is 16.2. The average Bonchev–Trinajstić information content (AvgIpc) is 3.15. The number of imidazole rings is 1. The van der Waals surface area contributed by atoms with Crippen LogP contribution in [0.15, 0.2) is 24.3 Å². The van der Waals surface area contributed by atoms with E-state index < -0.39 is 0 Å². The van der Waals surface area contributed by atoms with Gasteiger partial charge in [0.2, 0.25) is 23.7 Å². The number of nitrogens with one attached hydrogen (secondary N) is 1. The summed E-state index contributed by atoms with van der Waals surface area (Å²) in [5, 5.41) is 2.83. The SMILES string of the molecule is CCn1c(NC(=O)CCN2C(=O)C3CCCCC3C2=O)nc2ccccc21. The molecule has 1 aromatic heterocycles. The summed E-state index contributed by atoms with van der Waals surface area (Å²) in [6.07, 6.45) is 3.67. The lowest BCUT2D eigenvalue weighted by atomic mass is 9.81. The number of hydrogen-bond acceptors (Lipinski definition) is 4. The maximum atomic E-state index is 12.5. The number of aryl methyl sites for hydroxylation is 1. The Morgan fingerprint density at radius 2 is 1.81 bits per heavy atom. The van der Waals surface area contributed by atoms with E-state index in [1.807, 2.05) is 35.8 Å². The van der Waals surface area contributed by atoms with Crippen molar-refractivity contribution in [3.8, 4) is 0 Å². The summed E-state index contributed by atoms with van der Waals surface area (Å²) in [5.74, 6) is -0.277. The molecule has 3 amide bonds. The summed E-state index contributed by atoms with van der Waals surface area (Å²) in [7, 11) is 0. The number of para-hydroxylation sites is 2. The molecule has 2 atom stereocenters. The minimum absolute atomic E-state index is 0.0871. The lowest BCUT2D eigenvalue weighted by Crippen LogP contribution is -2.34. The molecular formula is C20H24N4O3. The van der Waals surface area contributed by atoms with Crippen molar-refractivity contribution in [1.29, 1.82) is 0 Å². The Morgan fingerprint density at radius 3 is 2.48 bits per heavy atom. The Labute approximate surface area is 157 Å². The van der Waals surface area contributed by atoms with Gasteiger partial charge in [-0.1, -0.05) is 25.0 Å². The molecule has 2 aromatic rings. The number of carbonyl (C=O) groups excluding carboxylic acids is 3. The maximum absolute atomic E-state index is 12.5. The zero-order valence-electron chi connectivity index (χ0n) is 15.5. The van der Waals surface area contributed by atoms with E-state index in [9.17, 15) is 14.4 Å². The molecule has 2 aliphatic rings. The number of hydrogen-bond donors (Lipinski definition) is 1. The number of imide groups is 1. The second-order valence-electron chi connectivity index (χ2n) is 7.29. The Bertz CT molecular complexity index is 880. The number of anilines is 1. The van der Waals surface area contributed by atoms with Gasteiger partial charge in [-0.2, -0.15) is 0 Å². The molecule has 0 radical (unpaired) electrons. The first-order valence-electron chi connectivity index (χ1n) is 9.70. The van der Waals surface area contributed by atoms with E-state index in [0.29, 0.717) is 12.5 Å². The Morgan fingerprint density at radius 1 is 1.15 bits per heavy atom. The zero-order chi connectivity index (χ0) is 19.0. The highest BCUT2D eigenvalue weighted by Gasteiger charge is 2.47. The van der Waals surface area contributed by atoms with Crippen molar-refractivity contribution in [2.75, 3.05) is 11.9 Å². The molecule has 1 aliphatic heterocycles. The van der Waals surface area contributed by atoms with Crippen LogP contribution in [0.1, 0.15) is 39.0 Å². The minimum atomic E-state index is -0.240. The number of benzene rings is 1. The summed E-state index contributed by atoms with van der Waals surface area (Å²) < 4.78 is 1.94. The Balaban J connectivity index is 1.42. The molecular weight excluding hydrogens is 344 g/mol. The third kappa shape index (κ3) is 3.11. The van der Waals surface area contributed by atoms with Crippen molar-refractivity contribution in [1.82, 2.24) is 14.5 Å². The fourth-order valence-electron chi connectivity index (χ4n) is 4.34. The van der Waals surface area contributed by atoms with Gasteiger partial charge in [0.1, 0.15) is 0 Å². The number of nitrogens with zero attached hydrogens (tertiary/aromatic N) is 3. The maximum Gasteiger partial charge on any atom is 0.233 e. The van der Waals surface area contributed by atoms with Crippen molar-refractivity contribution in [2.45, 2.75) is 45.6 Å². The third-order valence-electron chi connectivity index (χ3n) is 5.72. The molecule has 2 heterocycles. The highest BCUT2D eigenvalue weighted by molar-refractivity contribution is 6.05. The monoisotopic (exact) mass is 368 g/mol. The van der Waals surface area contributed by atoms with Crippen LogP contribution in [0.25, 0.3) is 11.0 Å². The van der Waals surface area contributed by atoms with Gasteiger partial charge >= 0.3 is 0 Å². The van der Waals surface area contributed by atoms with Crippen molar-refractivity contribution in [3.05, 3.63) is 24.3 Å². The molecule has 0 spiro atoms. The van der Waals surface area contributed by atoms with E-state index >= 15 is 0 Å². The predicted octanol–water partition coefficient (Wildman–Crippen LogP) is 2.56. The number of amides is 3. The van der Waals surface area contributed by atoms with Gasteiger partial charge in [0.25, 0.3) is 0 Å². The largest absolute Gasteiger partial charge is 0.310 e. The summed E-state index contributed by atoms with van der Waals surface area (Å²) in [6, 6.07) is 7.71. The van der Waals surface area contributed by atoms with Crippen LogP contribution in [0.4, 0.5) is 5.95 Å². The fourth-order valence-corrected chi connectivity index (χ4v) is 4.34. The molecule has 1 aromatic carbocycles. The lowest BCUT2D eigenvalue weighted by Gasteiger charge is -2.19. The van der Waals surface area contributed by atoms with E-state index in [1.165, 1.54) is 4.90 Å². The van der Waals surface area contributed by atoms with Gasteiger partial charge in [0, 0.05) is 19.5 Å². The summed E-state index contributed by atoms with van der Waals surface area (Å²) >= 11 is 0.